The highest BCUT2D eigenvalue weighted by molar-refractivity contribution is 5.51. The third-order valence-corrected chi connectivity index (χ3v) is 5.12. The van der Waals surface area contributed by atoms with E-state index in [9.17, 15) is 0 Å². The molecule has 3 rings (SSSR count). The average molecular weight is 383 g/mol. The van der Waals surface area contributed by atoms with Crippen molar-refractivity contribution in [1.29, 1.82) is 0 Å². The fourth-order valence-corrected chi connectivity index (χ4v) is 3.49. The zero-order valence-electron chi connectivity index (χ0n) is 17.1. The van der Waals surface area contributed by atoms with Gasteiger partial charge in [-0.1, -0.05) is 42.5 Å². The molecular formula is C23H30N2O3. The lowest BCUT2D eigenvalue weighted by Gasteiger charge is -2.34. The average Bonchev–Trinajstić information content (AvgIpc) is 2.75. The molecule has 150 valence electrons. The number of benzene rings is 2. The molecule has 1 aliphatic heterocycles. The van der Waals surface area contributed by atoms with Crippen molar-refractivity contribution in [2.75, 3.05) is 54.1 Å². The lowest BCUT2D eigenvalue weighted by atomic mass is 10.1. The van der Waals surface area contributed by atoms with E-state index in [0.717, 1.165) is 56.3 Å². The van der Waals surface area contributed by atoms with E-state index in [0.29, 0.717) is 5.75 Å². The van der Waals surface area contributed by atoms with E-state index < -0.39 is 0 Å². The minimum atomic E-state index is 0.693. The standard InChI is InChI=1S/C23H30N2O3/c1-26-21-17-23(28-3)22(27-2)16-20(21)18-25-14-12-24(13-15-25)11-7-10-19-8-5-4-6-9-19/h4-10,16-17H,11-15,18H2,1-3H3/b10-7+. The first-order valence-corrected chi connectivity index (χ1v) is 9.68. The van der Waals surface area contributed by atoms with E-state index in [-0.39, 0.29) is 0 Å². The van der Waals surface area contributed by atoms with E-state index in [1.165, 1.54) is 5.56 Å². The number of methoxy groups -OCH3 is 3. The summed E-state index contributed by atoms with van der Waals surface area (Å²) in [4.78, 5) is 4.95. The molecule has 1 aliphatic rings. The van der Waals surface area contributed by atoms with Gasteiger partial charge in [0.25, 0.3) is 0 Å². The fraction of sp³-hybridized carbons (Fsp3) is 0.391. The summed E-state index contributed by atoms with van der Waals surface area (Å²) in [6.07, 6.45) is 4.45. The predicted molar refractivity (Wildman–Crippen MR) is 113 cm³/mol. The molecule has 1 fully saturated rings. The molecule has 0 radical (unpaired) electrons. The van der Waals surface area contributed by atoms with Crippen LogP contribution in [-0.2, 0) is 6.54 Å². The zero-order valence-corrected chi connectivity index (χ0v) is 17.1. The molecule has 0 amide bonds. The summed E-state index contributed by atoms with van der Waals surface area (Å²) in [5, 5.41) is 0. The molecule has 0 saturated carbocycles. The zero-order chi connectivity index (χ0) is 19.8. The van der Waals surface area contributed by atoms with Crippen LogP contribution < -0.4 is 14.2 Å². The van der Waals surface area contributed by atoms with Gasteiger partial charge in [0.1, 0.15) is 5.75 Å². The molecule has 1 saturated heterocycles. The number of hydrogen-bond acceptors (Lipinski definition) is 5. The molecule has 0 aromatic heterocycles. The summed E-state index contributed by atoms with van der Waals surface area (Å²) in [6, 6.07) is 14.4. The first-order valence-electron chi connectivity index (χ1n) is 9.68. The van der Waals surface area contributed by atoms with Gasteiger partial charge >= 0.3 is 0 Å². The monoisotopic (exact) mass is 382 g/mol. The van der Waals surface area contributed by atoms with E-state index in [1.54, 1.807) is 21.3 Å². The second kappa shape index (κ2) is 10.2. The van der Waals surface area contributed by atoms with Crippen molar-refractivity contribution < 1.29 is 14.2 Å². The van der Waals surface area contributed by atoms with Crippen LogP contribution in [0.4, 0.5) is 0 Å². The molecule has 0 unspecified atom stereocenters. The fourth-order valence-electron chi connectivity index (χ4n) is 3.49. The van der Waals surface area contributed by atoms with Gasteiger partial charge in [-0.25, -0.2) is 0 Å². The maximum absolute atomic E-state index is 5.56. The topological polar surface area (TPSA) is 34.2 Å². The number of nitrogens with zero attached hydrogens (tertiary/aromatic N) is 2. The maximum atomic E-state index is 5.56. The Morgan fingerprint density at radius 2 is 1.39 bits per heavy atom. The molecule has 0 aliphatic carbocycles. The second-order valence-corrected chi connectivity index (χ2v) is 6.91. The van der Waals surface area contributed by atoms with Crippen LogP contribution in [0.2, 0.25) is 0 Å². The predicted octanol–water partition coefficient (Wildman–Crippen LogP) is 3.54. The molecule has 0 atom stereocenters. The molecular weight excluding hydrogens is 352 g/mol. The Morgan fingerprint density at radius 1 is 0.786 bits per heavy atom. The molecule has 0 bridgehead atoms. The molecule has 1 heterocycles. The quantitative estimate of drug-likeness (QED) is 0.698. The van der Waals surface area contributed by atoms with Crippen LogP contribution in [0.3, 0.4) is 0 Å². The number of hydrogen-bond donors (Lipinski definition) is 0. The van der Waals surface area contributed by atoms with Crippen molar-refractivity contribution in [3.8, 4) is 17.2 Å². The lowest BCUT2D eigenvalue weighted by Crippen LogP contribution is -2.45. The van der Waals surface area contributed by atoms with Crippen LogP contribution >= 0.6 is 0 Å². The van der Waals surface area contributed by atoms with Gasteiger partial charge < -0.3 is 14.2 Å². The van der Waals surface area contributed by atoms with Crippen LogP contribution in [0.1, 0.15) is 11.1 Å². The molecule has 2 aromatic carbocycles. The van der Waals surface area contributed by atoms with Crippen molar-refractivity contribution in [3.63, 3.8) is 0 Å². The number of ether oxygens (including phenoxy) is 3. The van der Waals surface area contributed by atoms with Crippen LogP contribution in [0.15, 0.2) is 48.5 Å². The summed E-state index contributed by atoms with van der Waals surface area (Å²) >= 11 is 0. The van der Waals surface area contributed by atoms with Crippen LogP contribution in [0.5, 0.6) is 17.2 Å². The summed E-state index contributed by atoms with van der Waals surface area (Å²) in [5.41, 5.74) is 2.37. The Labute approximate surface area is 168 Å². The van der Waals surface area contributed by atoms with E-state index >= 15 is 0 Å². The summed E-state index contributed by atoms with van der Waals surface area (Å²) in [7, 11) is 5.00. The van der Waals surface area contributed by atoms with Gasteiger partial charge in [-0.05, 0) is 11.6 Å². The molecule has 0 spiro atoms. The van der Waals surface area contributed by atoms with Gasteiger partial charge in [0, 0.05) is 50.9 Å². The first-order chi connectivity index (χ1) is 13.7. The Hall–Kier alpha value is -2.50. The third kappa shape index (κ3) is 5.27. The van der Waals surface area contributed by atoms with Crippen molar-refractivity contribution >= 4 is 6.08 Å². The highest BCUT2D eigenvalue weighted by atomic mass is 16.5. The Kier molecular flexibility index (Phi) is 7.34. The maximum Gasteiger partial charge on any atom is 0.164 e. The van der Waals surface area contributed by atoms with Crippen LogP contribution in [0, 0.1) is 0 Å². The Morgan fingerprint density at radius 3 is 2.04 bits per heavy atom. The van der Waals surface area contributed by atoms with Gasteiger partial charge in [0.2, 0.25) is 0 Å². The van der Waals surface area contributed by atoms with Gasteiger partial charge in [-0.3, -0.25) is 9.80 Å². The summed E-state index contributed by atoms with van der Waals surface area (Å²) < 4.78 is 16.4. The molecule has 5 heteroatoms. The Balaban J connectivity index is 1.53. The van der Waals surface area contributed by atoms with Gasteiger partial charge in [-0.15, -0.1) is 0 Å². The lowest BCUT2D eigenvalue weighted by molar-refractivity contribution is 0.136. The molecule has 5 nitrogen and oxygen atoms in total. The highest BCUT2D eigenvalue weighted by Gasteiger charge is 2.19. The van der Waals surface area contributed by atoms with Crippen molar-refractivity contribution in [2.24, 2.45) is 0 Å². The summed E-state index contributed by atoms with van der Waals surface area (Å²) in [6.45, 7) is 6.04. The third-order valence-electron chi connectivity index (χ3n) is 5.12. The van der Waals surface area contributed by atoms with Crippen molar-refractivity contribution in [3.05, 3.63) is 59.7 Å². The summed E-state index contributed by atoms with van der Waals surface area (Å²) in [5.74, 6) is 2.27. The van der Waals surface area contributed by atoms with Crippen molar-refractivity contribution in [1.82, 2.24) is 9.80 Å². The molecule has 0 N–H and O–H groups in total. The largest absolute Gasteiger partial charge is 0.496 e. The smallest absolute Gasteiger partial charge is 0.164 e. The van der Waals surface area contributed by atoms with Gasteiger partial charge in [0.15, 0.2) is 11.5 Å². The van der Waals surface area contributed by atoms with Crippen molar-refractivity contribution in [2.45, 2.75) is 6.54 Å². The molecule has 28 heavy (non-hydrogen) atoms. The van der Waals surface area contributed by atoms with E-state index in [1.807, 2.05) is 18.2 Å². The minimum absolute atomic E-state index is 0.693. The highest BCUT2D eigenvalue weighted by Crippen LogP contribution is 2.35. The number of rotatable bonds is 8. The first kappa shape index (κ1) is 20.2. The van der Waals surface area contributed by atoms with Crippen LogP contribution in [0.25, 0.3) is 6.08 Å². The van der Waals surface area contributed by atoms with E-state index in [4.69, 9.17) is 14.2 Å². The van der Waals surface area contributed by atoms with E-state index in [2.05, 4.69) is 46.2 Å². The van der Waals surface area contributed by atoms with Crippen LogP contribution in [-0.4, -0.2) is 63.9 Å². The Bertz CT molecular complexity index is 769. The minimum Gasteiger partial charge on any atom is -0.496 e. The number of piperazine rings is 1. The molecule has 2 aromatic rings. The van der Waals surface area contributed by atoms with Gasteiger partial charge in [0.05, 0.1) is 21.3 Å². The van der Waals surface area contributed by atoms with Gasteiger partial charge in [-0.2, -0.15) is 0 Å². The SMILES string of the molecule is COc1cc(OC)c(OC)cc1CN1CCN(C/C=C/c2ccccc2)CC1. The normalized spacial score (nSPS) is 15.7. The second-order valence-electron chi connectivity index (χ2n) is 6.91.